The first-order valence-electron chi connectivity index (χ1n) is 7.87. The largest absolute Gasteiger partial charge is 0.489 e. The molecule has 0 aliphatic heterocycles. The Morgan fingerprint density at radius 3 is 2.39 bits per heavy atom. The van der Waals surface area contributed by atoms with Gasteiger partial charge in [-0.1, -0.05) is 27.7 Å². The summed E-state index contributed by atoms with van der Waals surface area (Å²) in [6.45, 7) is 8.85. The summed E-state index contributed by atoms with van der Waals surface area (Å²) in [4.78, 5) is 11.9. The van der Waals surface area contributed by atoms with Crippen LogP contribution in [0.25, 0.3) is 10.9 Å². The van der Waals surface area contributed by atoms with E-state index in [-0.39, 0.29) is 22.5 Å². The SMILES string of the molecule is Cn1c(=O)ccc2c(OC3C(C)(C)CC3(C)C)ccc(C#N)c21. The number of aryl methyl sites for hydroxylation is 1. The van der Waals surface area contributed by atoms with E-state index < -0.39 is 0 Å². The minimum atomic E-state index is -0.129. The normalized spacial score (nSPS) is 19.1. The van der Waals surface area contributed by atoms with Crippen LogP contribution in [0.3, 0.4) is 0 Å². The van der Waals surface area contributed by atoms with Crippen LogP contribution in [-0.4, -0.2) is 10.7 Å². The third-order valence-electron chi connectivity index (χ3n) is 4.93. The van der Waals surface area contributed by atoms with Crippen molar-refractivity contribution in [1.82, 2.24) is 4.57 Å². The summed E-state index contributed by atoms with van der Waals surface area (Å²) >= 11 is 0. The highest BCUT2D eigenvalue weighted by molar-refractivity contribution is 5.90. The predicted octanol–water partition coefficient (Wildman–Crippen LogP) is 3.61. The lowest BCUT2D eigenvalue weighted by atomic mass is 9.53. The highest BCUT2D eigenvalue weighted by Gasteiger charge is 2.55. The van der Waals surface area contributed by atoms with Crippen LogP contribution in [0.2, 0.25) is 0 Å². The van der Waals surface area contributed by atoms with Gasteiger partial charge in [0.2, 0.25) is 0 Å². The summed E-state index contributed by atoms with van der Waals surface area (Å²) in [5.41, 5.74) is 1.22. The maximum atomic E-state index is 11.9. The molecule has 0 radical (unpaired) electrons. The Balaban J connectivity index is 2.16. The maximum Gasteiger partial charge on any atom is 0.250 e. The van der Waals surface area contributed by atoms with Crippen molar-refractivity contribution in [2.75, 3.05) is 0 Å². The summed E-state index contributed by atoms with van der Waals surface area (Å²) in [5.74, 6) is 0.737. The monoisotopic (exact) mass is 310 g/mol. The van der Waals surface area contributed by atoms with Gasteiger partial charge in [0.15, 0.2) is 0 Å². The highest BCUT2D eigenvalue weighted by Crippen LogP contribution is 2.55. The summed E-state index contributed by atoms with van der Waals surface area (Å²) < 4.78 is 7.88. The van der Waals surface area contributed by atoms with E-state index in [1.54, 1.807) is 19.2 Å². The molecule has 1 heterocycles. The molecule has 0 unspecified atom stereocenters. The number of aromatic nitrogens is 1. The van der Waals surface area contributed by atoms with Crippen molar-refractivity contribution in [1.29, 1.82) is 5.26 Å². The zero-order chi connectivity index (χ0) is 17.0. The number of hydrogen-bond acceptors (Lipinski definition) is 3. The molecule has 23 heavy (non-hydrogen) atoms. The van der Waals surface area contributed by atoms with Gasteiger partial charge in [-0.15, -0.1) is 0 Å². The molecule has 4 nitrogen and oxygen atoms in total. The van der Waals surface area contributed by atoms with Crippen molar-refractivity contribution in [3.05, 3.63) is 40.2 Å². The summed E-state index contributed by atoms with van der Waals surface area (Å²) in [7, 11) is 1.69. The lowest BCUT2D eigenvalue weighted by molar-refractivity contribution is -0.133. The van der Waals surface area contributed by atoms with Crippen molar-refractivity contribution < 1.29 is 4.74 Å². The van der Waals surface area contributed by atoms with Gasteiger partial charge < -0.3 is 9.30 Å². The minimum absolute atomic E-state index is 0.100. The smallest absolute Gasteiger partial charge is 0.250 e. The highest BCUT2D eigenvalue weighted by atomic mass is 16.5. The molecule has 2 aromatic rings. The topological polar surface area (TPSA) is 55.0 Å². The summed E-state index contributed by atoms with van der Waals surface area (Å²) in [5, 5.41) is 10.2. The van der Waals surface area contributed by atoms with E-state index in [4.69, 9.17) is 4.74 Å². The minimum Gasteiger partial charge on any atom is -0.489 e. The molecular weight excluding hydrogens is 288 g/mol. The second kappa shape index (κ2) is 4.86. The Labute approximate surface area is 136 Å². The van der Waals surface area contributed by atoms with Crippen LogP contribution in [0.4, 0.5) is 0 Å². The van der Waals surface area contributed by atoms with E-state index in [0.29, 0.717) is 11.1 Å². The Hall–Kier alpha value is -2.28. The Bertz CT molecular complexity index is 871. The fraction of sp³-hybridized carbons (Fsp3) is 0.474. The summed E-state index contributed by atoms with van der Waals surface area (Å²) in [6, 6.07) is 9.02. The quantitative estimate of drug-likeness (QED) is 0.851. The standard InChI is InChI=1S/C19H22N2O2/c1-18(2)11-19(3,4)17(18)23-14-8-6-12(10-20)16-13(14)7-9-15(22)21(16)5/h6-9,17H,11H2,1-5H3. The number of pyridine rings is 1. The number of nitriles is 1. The van der Waals surface area contributed by atoms with E-state index in [9.17, 15) is 10.1 Å². The lowest BCUT2D eigenvalue weighted by Crippen LogP contribution is -2.58. The first-order chi connectivity index (χ1) is 10.7. The summed E-state index contributed by atoms with van der Waals surface area (Å²) in [6.07, 6.45) is 1.21. The van der Waals surface area contributed by atoms with Gasteiger partial charge in [-0.3, -0.25) is 4.79 Å². The Morgan fingerprint density at radius 2 is 1.83 bits per heavy atom. The van der Waals surface area contributed by atoms with Gasteiger partial charge in [0.05, 0.1) is 11.1 Å². The molecule has 0 amide bonds. The van der Waals surface area contributed by atoms with Crippen molar-refractivity contribution in [3.8, 4) is 11.8 Å². The van der Waals surface area contributed by atoms with Crippen LogP contribution in [0.1, 0.15) is 39.7 Å². The number of rotatable bonds is 2. The average Bonchev–Trinajstić information content (AvgIpc) is 2.46. The molecule has 1 saturated carbocycles. The van der Waals surface area contributed by atoms with Crippen LogP contribution in [0.5, 0.6) is 5.75 Å². The maximum absolute atomic E-state index is 11.9. The van der Waals surface area contributed by atoms with Crippen LogP contribution < -0.4 is 10.3 Å². The average molecular weight is 310 g/mol. The van der Waals surface area contributed by atoms with E-state index in [1.165, 1.54) is 10.6 Å². The molecule has 0 saturated heterocycles. The van der Waals surface area contributed by atoms with Crippen LogP contribution >= 0.6 is 0 Å². The first-order valence-corrected chi connectivity index (χ1v) is 7.87. The number of ether oxygens (including phenoxy) is 1. The number of nitrogens with zero attached hydrogens (tertiary/aromatic N) is 2. The zero-order valence-electron chi connectivity index (χ0n) is 14.3. The van der Waals surface area contributed by atoms with Crippen molar-refractivity contribution in [2.45, 2.75) is 40.2 Å². The molecule has 0 bridgehead atoms. The Morgan fingerprint density at radius 1 is 1.17 bits per heavy atom. The van der Waals surface area contributed by atoms with E-state index in [0.717, 1.165) is 17.6 Å². The second-order valence-corrected chi connectivity index (χ2v) is 7.87. The molecule has 1 fully saturated rings. The molecule has 1 aliphatic carbocycles. The molecule has 1 aliphatic rings. The lowest BCUT2D eigenvalue weighted by Gasteiger charge is -2.56. The van der Waals surface area contributed by atoms with E-state index in [2.05, 4.69) is 33.8 Å². The van der Waals surface area contributed by atoms with Gasteiger partial charge in [-0.2, -0.15) is 5.26 Å². The molecule has 120 valence electrons. The fourth-order valence-electron chi connectivity index (χ4n) is 4.41. The third kappa shape index (κ3) is 2.31. The van der Waals surface area contributed by atoms with Crippen molar-refractivity contribution in [2.24, 2.45) is 17.9 Å². The van der Waals surface area contributed by atoms with Gasteiger partial charge in [0.25, 0.3) is 5.56 Å². The second-order valence-electron chi connectivity index (χ2n) is 7.87. The van der Waals surface area contributed by atoms with Gasteiger partial charge in [-0.05, 0) is 24.6 Å². The zero-order valence-corrected chi connectivity index (χ0v) is 14.3. The molecule has 0 N–H and O–H groups in total. The Kier molecular flexibility index (Phi) is 3.30. The van der Waals surface area contributed by atoms with E-state index >= 15 is 0 Å². The van der Waals surface area contributed by atoms with E-state index in [1.807, 2.05) is 6.07 Å². The molecule has 3 rings (SSSR count). The molecule has 1 aromatic heterocycles. The third-order valence-corrected chi connectivity index (χ3v) is 4.93. The molecule has 4 heteroatoms. The first kappa shape index (κ1) is 15.6. The van der Waals surface area contributed by atoms with Gasteiger partial charge in [-0.25, -0.2) is 0 Å². The molecule has 1 aromatic carbocycles. The number of hydrogen-bond donors (Lipinski definition) is 0. The number of fused-ring (bicyclic) bond motifs is 1. The van der Waals surface area contributed by atoms with Crippen molar-refractivity contribution in [3.63, 3.8) is 0 Å². The predicted molar refractivity (Wildman–Crippen MR) is 90.5 cm³/mol. The van der Waals surface area contributed by atoms with Crippen molar-refractivity contribution >= 4 is 10.9 Å². The molecular formula is C19H22N2O2. The van der Waals surface area contributed by atoms with Crippen LogP contribution in [0.15, 0.2) is 29.1 Å². The van der Waals surface area contributed by atoms with Gasteiger partial charge in [0.1, 0.15) is 17.9 Å². The number of benzene rings is 1. The van der Waals surface area contributed by atoms with Crippen LogP contribution in [0, 0.1) is 22.2 Å². The van der Waals surface area contributed by atoms with Gasteiger partial charge >= 0.3 is 0 Å². The van der Waals surface area contributed by atoms with Gasteiger partial charge in [0, 0.05) is 29.3 Å². The molecule has 0 atom stereocenters. The van der Waals surface area contributed by atoms with Crippen LogP contribution in [-0.2, 0) is 7.05 Å². The fourth-order valence-corrected chi connectivity index (χ4v) is 4.41. The molecule has 0 spiro atoms.